The summed E-state index contributed by atoms with van der Waals surface area (Å²) >= 11 is 0. The van der Waals surface area contributed by atoms with E-state index in [1.165, 1.54) is 56.8 Å². The molecule has 0 bridgehead atoms. The Hall–Kier alpha value is -4.95. The van der Waals surface area contributed by atoms with Crippen LogP contribution in [0.15, 0.2) is 59.6 Å². The number of aliphatic hydroxyl groups excluding tert-OH is 1. The quantitative estimate of drug-likeness (QED) is 0.275. The first kappa shape index (κ1) is 37.4. The van der Waals surface area contributed by atoms with Gasteiger partial charge in [-0.25, -0.2) is 18.2 Å². The highest BCUT2D eigenvalue weighted by atomic mass is 32.2. The third-order valence-corrected chi connectivity index (χ3v) is 12.8. The zero-order valence-electron chi connectivity index (χ0n) is 30.5. The third kappa shape index (κ3) is 6.38. The number of anilines is 1. The maximum absolute atomic E-state index is 15.3. The molecule has 4 aliphatic heterocycles. The highest BCUT2D eigenvalue weighted by Crippen LogP contribution is 2.50. The monoisotopic (exact) mass is 759 g/mol. The molecule has 7 rings (SSSR count). The van der Waals surface area contributed by atoms with Gasteiger partial charge in [-0.1, -0.05) is 0 Å². The van der Waals surface area contributed by atoms with Crippen LogP contribution in [0.3, 0.4) is 0 Å². The van der Waals surface area contributed by atoms with Crippen molar-refractivity contribution >= 4 is 27.6 Å². The molecular formula is C38H45N7O8S. The summed E-state index contributed by atoms with van der Waals surface area (Å²) in [6, 6.07) is 13.4. The fourth-order valence-corrected chi connectivity index (χ4v) is 9.98. The van der Waals surface area contributed by atoms with Crippen molar-refractivity contribution in [2.45, 2.75) is 61.2 Å². The number of sulfonamides is 1. The number of aliphatic hydroxyl groups is 1. The third-order valence-electron chi connectivity index (χ3n) is 11.1. The lowest BCUT2D eigenvalue weighted by atomic mass is 9.81. The van der Waals surface area contributed by atoms with Gasteiger partial charge >= 0.3 is 6.03 Å². The number of hydrogen-bond donors (Lipinski definition) is 3. The fourth-order valence-electron chi connectivity index (χ4n) is 8.37. The summed E-state index contributed by atoms with van der Waals surface area (Å²) in [7, 11) is -1.99. The van der Waals surface area contributed by atoms with Crippen LogP contribution >= 0.6 is 0 Å². The minimum absolute atomic E-state index is 0.0125. The van der Waals surface area contributed by atoms with Crippen molar-refractivity contribution in [3.8, 4) is 23.4 Å². The maximum Gasteiger partial charge on any atom is 0.318 e. The van der Waals surface area contributed by atoms with Gasteiger partial charge in [0.1, 0.15) is 16.4 Å². The van der Waals surface area contributed by atoms with Gasteiger partial charge in [-0.3, -0.25) is 9.69 Å². The highest BCUT2D eigenvalue weighted by molar-refractivity contribution is 7.93. The Labute approximate surface area is 314 Å². The second-order valence-corrected chi connectivity index (χ2v) is 15.8. The van der Waals surface area contributed by atoms with Crippen molar-refractivity contribution in [2.75, 3.05) is 57.9 Å². The zero-order chi connectivity index (χ0) is 38.2. The number of carbonyl (C=O) groups is 2. The van der Waals surface area contributed by atoms with E-state index in [0.717, 1.165) is 32.5 Å². The number of methoxy groups -OCH3 is 2. The lowest BCUT2D eigenvalue weighted by Gasteiger charge is -2.52. The second-order valence-electron chi connectivity index (χ2n) is 14.0. The average molecular weight is 760 g/mol. The zero-order valence-corrected chi connectivity index (χ0v) is 31.3. The smallest absolute Gasteiger partial charge is 0.318 e. The standard InChI is InChI=1S/C38H45N7O8S/c1-4-53-35-29(6-5-14-41-35)38(42-37(48)43-22-25(23-43)32-19-27(46)13-17-44(32)26-11-15-40-16-12-26)30-18-24(21-39)7-9-31(30)45(36(38)47)54(49,50)34-10-8-28(51-2)20-33(34)52-3/h5-10,14,18,20,25-27,32,40,46H,4,11-13,15-17,19,22-23H2,1-3H3,(H,42,48)/t27-,32?,38?/m0/s1. The van der Waals surface area contributed by atoms with Crippen molar-refractivity contribution in [2.24, 2.45) is 5.92 Å². The molecule has 1 aromatic heterocycles. The van der Waals surface area contributed by atoms with E-state index < -0.39 is 33.6 Å². The number of piperidine rings is 2. The Kier molecular flexibility index (Phi) is 10.4. The molecule has 4 aliphatic rings. The number of nitriles is 1. The second kappa shape index (κ2) is 15.1. The van der Waals surface area contributed by atoms with Gasteiger partial charge in [0.2, 0.25) is 5.88 Å². The fraction of sp³-hybridized carbons (Fsp3) is 0.474. The van der Waals surface area contributed by atoms with Gasteiger partial charge in [0.25, 0.3) is 15.9 Å². The summed E-state index contributed by atoms with van der Waals surface area (Å²) in [5, 5.41) is 27.0. The van der Waals surface area contributed by atoms with E-state index in [2.05, 4.69) is 26.6 Å². The van der Waals surface area contributed by atoms with Crippen LogP contribution < -0.4 is 29.1 Å². The first-order valence-corrected chi connectivity index (χ1v) is 19.7. The molecule has 3 saturated heterocycles. The molecular weight excluding hydrogens is 715 g/mol. The number of nitrogens with one attached hydrogen (secondary N) is 2. The molecule has 16 heteroatoms. The van der Waals surface area contributed by atoms with Crippen LogP contribution in [-0.4, -0.2) is 112 Å². The van der Waals surface area contributed by atoms with Crippen LogP contribution in [0.25, 0.3) is 0 Å². The Bertz CT molecular complexity index is 2060. The Morgan fingerprint density at radius 3 is 2.57 bits per heavy atom. The molecule has 0 aliphatic carbocycles. The van der Waals surface area contributed by atoms with E-state index in [1.54, 1.807) is 24.0 Å². The minimum atomic E-state index is -4.73. The number of aromatic nitrogens is 1. The van der Waals surface area contributed by atoms with E-state index in [1.807, 2.05) is 0 Å². The molecule has 54 heavy (non-hydrogen) atoms. The van der Waals surface area contributed by atoms with Gasteiger partial charge < -0.3 is 34.9 Å². The molecule has 2 aromatic carbocycles. The number of pyridine rings is 1. The number of amides is 3. The molecule has 286 valence electrons. The molecule has 3 N–H and O–H groups in total. The van der Waals surface area contributed by atoms with E-state index in [-0.39, 0.29) is 57.5 Å². The molecule has 3 fully saturated rings. The van der Waals surface area contributed by atoms with Gasteiger partial charge in [0.15, 0.2) is 5.54 Å². The number of fused-ring (bicyclic) bond motifs is 1. The number of likely N-dealkylation sites (tertiary alicyclic amines) is 2. The topological polar surface area (TPSA) is 187 Å². The Morgan fingerprint density at radius 2 is 1.87 bits per heavy atom. The van der Waals surface area contributed by atoms with Crippen molar-refractivity contribution in [1.29, 1.82) is 5.26 Å². The van der Waals surface area contributed by atoms with Crippen LogP contribution in [0, 0.1) is 17.2 Å². The van der Waals surface area contributed by atoms with Gasteiger partial charge in [-0.2, -0.15) is 9.57 Å². The molecule has 3 aromatic rings. The molecule has 3 amide bonds. The predicted octanol–water partition coefficient (Wildman–Crippen LogP) is 2.57. The number of benzene rings is 2. The van der Waals surface area contributed by atoms with Crippen molar-refractivity contribution in [3.63, 3.8) is 0 Å². The normalized spacial score (nSPS) is 23.6. The largest absolute Gasteiger partial charge is 0.497 e. The number of ether oxygens (including phenoxy) is 3. The first-order valence-electron chi connectivity index (χ1n) is 18.2. The predicted molar refractivity (Wildman–Crippen MR) is 197 cm³/mol. The number of nitrogens with zero attached hydrogens (tertiary/aromatic N) is 5. The van der Waals surface area contributed by atoms with Crippen molar-refractivity contribution in [3.05, 3.63) is 71.4 Å². The lowest BCUT2D eigenvalue weighted by Crippen LogP contribution is -2.66. The summed E-state index contributed by atoms with van der Waals surface area (Å²) in [5.74, 6) is -0.639. The number of carbonyl (C=O) groups excluding carboxylic acids is 2. The summed E-state index contributed by atoms with van der Waals surface area (Å²) in [6.07, 6.45) is 4.42. The minimum Gasteiger partial charge on any atom is -0.497 e. The van der Waals surface area contributed by atoms with Gasteiger partial charge in [0, 0.05) is 55.5 Å². The van der Waals surface area contributed by atoms with Crippen LogP contribution in [0.2, 0.25) is 0 Å². The van der Waals surface area contributed by atoms with Gasteiger partial charge in [-0.05, 0) is 88.2 Å². The molecule has 3 atom stereocenters. The van der Waals surface area contributed by atoms with Crippen LogP contribution in [-0.2, 0) is 20.4 Å². The van der Waals surface area contributed by atoms with Crippen molar-refractivity contribution < 1.29 is 37.3 Å². The van der Waals surface area contributed by atoms with E-state index >= 15 is 4.79 Å². The Balaban J connectivity index is 1.29. The van der Waals surface area contributed by atoms with E-state index in [4.69, 9.17) is 14.2 Å². The summed E-state index contributed by atoms with van der Waals surface area (Å²) in [6.45, 7) is 5.32. The average Bonchev–Trinajstić information content (AvgIpc) is 3.41. The Morgan fingerprint density at radius 1 is 1.09 bits per heavy atom. The van der Waals surface area contributed by atoms with Crippen LogP contribution in [0.1, 0.15) is 49.3 Å². The summed E-state index contributed by atoms with van der Waals surface area (Å²) in [5.41, 5.74) is -1.93. The van der Waals surface area contributed by atoms with E-state index in [9.17, 15) is 23.6 Å². The molecule has 0 spiro atoms. The van der Waals surface area contributed by atoms with E-state index in [0.29, 0.717) is 42.0 Å². The molecule has 2 unspecified atom stereocenters. The maximum atomic E-state index is 15.3. The highest BCUT2D eigenvalue weighted by Gasteiger charge is 2.60. The number of hydrogen-bond acceptors (Lipinski definition) is 12. The molecule has 5 heterocycles. The first-order chi connectivity index (χ1) is 26.1. The van der Waals surface area contributed by atoms with Crippen LogP contribution in [0.5, 0.6) is 17.4 Å². The van der Waals surface area contributed by atoms with Crippen molar-refractivity contribution in [1.82, 2.24) is 25.4 Å². The summed E-state index contributed by atoms with van der Waals surface area (Å²) < 4.78 is 46.6. The molecule has 0 saturated carbocycles. The molecule has 0 radical (unpaired) electrons. The van der Waals surface area contributed by atoms with Crippen LogP contribution in [0.4, 0.5) is 10.5 Å². The lowest BCUT2D eigenvalue weighted by molar-refractivity contribution is -0.121. The number of rotatable bonds is 10. The van der Waals surface area contributed by atoms with Gasteiger partial charge in [0.05, 0.1) is 49.8 Å². The molecule has 15 nitrogen and oxygen atoms in total. The SMILES string of the molecule is CCOc1ncccc1C1(NC(=O)N2CC(C3C[C@@H](O)CCN3C3CCNCC3)C2)C(=O)N(S(=O)(=O)c2ccc(OC)cc2OC)c2ccc(C#N)cc21. The van der Waals surface area contributed by atoms with Gasteiger partial charge in [-0.15, -0.1) is 0 Å². The summed E-state index contributed by atoms with van der Waals surface area (Å²) in [4.78, 5) is 37.9. The number of urea groups is 1.